The Hall–Kier alpha value is -0.160. The highest BCUT2D eigenvalue weighted by atomic mass is 16.5. The molecule has 0 aromatic heterocycles. The summed E-state index contributed by atoms with van der Waals surface area (Å²) in [7, 11) is 1.79. The van der Waals surface area contributed by atoms with E-state index in [1.165, 1.54) is 0 Å². The number of nitrogens with one attached hydrogen (secondary N) is 1. The lowest BCUT2D eigenvalue weighted by Crippen LogP contribution is -2.51. The molecular formula is C12H24N2O2. The Morgan fingerprint density at radius 1 is 1.31 bits per heavy atom. The zero-order valence-electron chi connectivity index (χ0n) is 10.2. The van der Waals surface area contributed by atoms with E-state index in [4.69, 9.17) is 4.74 Å². The summed E-state index contributed by atoms with van der Waals surface area (Å²) >= 11 is 0. The van der Waals surface area contributed by atoms with Crippen LogP contribution in [0, 0.1) is 0 Å². The number of ether oxygens (including phenoxy) is 1. The third kappa shape index (κ3) is 3.17. The van der Waals surface area contributed by atoms with Crippen LogP contribution in [0.15, 0.2) is 0 Å². The van der Waals surface area contributed by atoms with Crippen LogP contribution in [-0.2, 0) is 4.74 Å². The monoisotopic (exact) mass is 228 g/mol. The van der Waals surface area contributed by atoms with Gasteiger partial charge >= 0.3 is 0 Å². The summed E-state index contributed by atoms with van der Waals surface area (Å²) in [6, 6.07) is 0. The predicted octanol–water partition coefficient (Wildman–Crippen LogP) is 0.212. The van der Waals surface area contributed by atoms with Crippen LogP contribution in [-0.4, -0.2) is 61.5 Å². The van der Waals surface area contributed by atoms with Crippen molar-refractivity contribution in [2.75, 3.05) is 39.8 Å². The Balaban J connectivity index is 1.77. The highest BCUT2D eigenvalue weighted by Crippen LogP contribution is 2.22. The fraction of sp³-hybridized carbons (Fsp3) is 1.00. The number of likely N-dealkylation sites (tertiary alicyclic amines) is 1. The predicted molar refractivity (Wildman–Crippen MR) is 63.5 cm³/mol. The van der Waals surface area contributed by atoms with Crippen LogP contribution in [0.4, 0.5) is 0 Å². The van der Waals surface area contributed by atoms with Gasteiger partial charge in [-0.05, 0) is 38.8 Å². The highest BCUT2D eigenvalue weighted by Gasteiger charge is 2.32. The minimum atomic E-state index is -0.453. The summed E-state index contributed by atoms with van der Waals surface area (Å²) in [5.41, 5.74) is -0.453. The lowest BCUT2D eigenvalue weighted by Gasteiger charge is -2.39. The minimum Gasteiger partial charge on any atom is -0.388 e. The van der Waals surface area contributed by atoms with Crippen LogP contribution in [0.3, 0.4) is 0 Å². The SMILES string of the molecule is COC1CCN(CC2(O)CCNCC2)CC1. The van der Waals surface area contributed by atoms with Crippen molar-refractivity contribution in [1.82, 2.24) is 10.2 Å². The van der Waals surface area contributed by atoms with E-state index < -0.39 is 5.60 Å². The number of rotatable bonds is 3. The molecule has 0 unspecified atom stereocenters. The van der Waals surface area contributed by atoms with Gasteiger partial charge in [-0.15, -0.1) is 0 Å². The summed E-state index contributed by atoms with van der Waals surface area (Å²) in [5.74, 6) is 0. The molecule has 0 amide bonds. The van der Waals surface area contributed by atoms with Crippen molar-refractivity contribution in [3.05, 3.63) is 0 Å². The zero-order valence-corrected chi connectivity index (χ0v) is 10.2. The number of piperidine rings is 2. The number of hydrogen-bond donors (Lipinski definition) is 2. The molecule has 0 spiro atoms. The minimum absolute atomic E-state index is 0.430. The first-order valence-corrected chi connectivity index (χ1v) is 6.40. The number of methoxy groups -OCH3 is 1. The number of aliphatic hydroxyl groups is 1. The lowest BCUT2D eigenvalue weighted by molar-refractivity contribution is -0.0384. The smallest absolute Gasteiger partial charge is 0.0798 e. The molecule has 2 N–H and O–H groups in total. The normalized spacial score (nSPS) is 28.1. The molecular weight excluding hydrogens is 204 g/mol. The third-order valence-corrected chi connectivity index (χ3v) is 3.92. The van der Waals surface area contributed by atoms with Gasteiger partial charge in [0, 0.05) is 26.7 Å². The average molecular weight is 228 g/mol. The van der Waals surface area contributed by atoms with E-state index in [1.54, 1.807) is 7.11 Å². The fourth-order valence-electron chi connectivity index (χ4n) is 2.77. The molecule has 0 saturated carbocycles. The van der Waals surface area contributed by atoms with E-state index in [-0.39, 0.29) is 0 Å². The van der Waals surface area contributed by atoms with E-state index in [0.717, 1.165) is 58.4 Å². The highest BCUT2D eigenvalue weighted by molar-refractivity contribution is 4.88. The summed E-state index contributed by atoms with van der Waals surface area (Å²) in [6.07, 6.45) is 4.41. The molecule has 2 fully saturated rings. The molecule has 2 aliphatic heterocycles. The van der Waals surface area contributed by atoms with E-state index >= 15 is 0 Å². The molecule has 0 atom stereocenters. The second kappa shape index (κ2) is 5.45. The molecule has 2 aliphatic rings. The van der Waals surface area contributed by atoms with Crippen molar-refractivity contribution in [1.29, 1.82) is 0 Å². The van der Waals surface area contributed by atoms with Gasteiger partial charge in [0.1, 0.15) is 0 Å². The number of nitrogens with zero attached hydrogens (tertiary/aromatic N) is 1. The maximum atomic E-state index is 10.4. The van der Waals surface area contributed by atoms with Crippen molar-refractivity contribution >= 4 is 0 Å². The second-order valence-corrected chi connectivity index (χ2v) is 5.19. The molecule has 4 nitrogen and oxygen atoms in total. The van der Waals surface area contributed by atoms with Crippen LogP contribution in [0.1, 0.15) is 25.7 Å². The van der Waals surface area contributed by atoms with Gasteiger partial charge in [0.05, 0.1) is 11.7 Å². The average Bonchev–Trinajstić information content (AvgIpc) is 2.30. The molecule has 2 rings (SSSR count). The summed E-state index contributed by atoms with van der Waals surface area (Å²) in [5, 5.41) is 13.7. The quantitative estimate of drug-likeness (QED) is 0.725. The van der Waals surface area contributed by atoms with Gasteiger partial charge in [0.15, 0.2) is 0 Å². The van der Waals surface area contributed by atoms with Gasteiger partial charge in [-0.3, -0.25) is 0 Å². The Bertz CT molecular complexity index is 209. The Kier molecular flexibility index (Phi) is 4.19. The number of hydrogen-bond acceptors (Lipinski definition) is 4. The Morgan fingerprint density at radius 2 is 1.94 bits per heavy atom. The van der Waals surface area contributed by atoms with Crippen molar-refractivity contribution in [2.45, 2.75) is 37.4 Å². The standard InChI is InChI=1S/C12H24N2O2/c1-16-11-2-8-14(9-3-11)10-12(15)4-6-13-7-5-12/h11,13,15H,2-10H2,1H3. The van der Waals surface area contributed by atoms with Crippen molar-refractivity contribution in [2.24, 2.45) is 0 Å². The zero-order chi connectivity index (χ0) is 11.4. The van der Waals surface area contributed by atoms with Crippen LogP contribution < -0.4 is 5.32 Å². The summed E-state index contributed by atoms with van der Waals surface area (Å²) < 4.78 is 5.36. The van der Waals surface area contributed by atoms with Crippen molar-refractivity contribution in [3.63, 3.8) is 0 Å². The first-order valence-electron chi connectivity index (χ1n) is 6.40. The van der Waals surface area contributed by atoms with E-state index in [1.807, 2.05) is 0 Å². The fourth-order valence-corrected chi connectivity index (χ4v) is 2.77. The maximum absolute atomic E-state index is 10.4. The largest absolute Gasteiger partial charge is 0.388 e. The second-order valence-electron chi connectivity index (χ2n) is 5.19. The van der Waals surface area contributed by atoms with Crippen molar-refractivity contribution in [3.8, 4) is 0 Å². The Labute approximate surface area is 98.0 Å². The van der Waals surface area contributed by atoms with Gasteiger partial charge in [-0.1, -0.05) is 0 Å². The molecule has 0 aliphatic carbocycles. The first kappa shape index (κ1) is 12.3. The molecule has 16 heavy (non-hydrogen) atoms. The van der Waals surface area contributed by atoms with E-state index in [9.17, 15) is 5.11 Å². The van der Waals surface area contributed by atoms with Gasteiger partial charge in [-0.2, -0.15) is 0 Å². The van der Waals surface area contributed by atoms with E-state index in [0.29, 0.717) is 6.10 Å². The van der Waals surface area contributed by atoms with Crippen LogP contribution in [0.2, 0.25) is 0 Å². The molecule has 4 heteroatoms. The molecule has 0 bridgehead atoms. The van der Waals surface area contributed by atoms with Gasteiger partial charge in [0.2, 0.25) is 0 Å². The summed E-state index contributed by atoms with van der Waals surface area (Å²) in [6.45, 7) is 4.86. The van der Waals surface area contributed by atoms with Crippen LogP contribution in [0.25, 0.3) is 0 Å². The molecule has 94 valence electrons. The Morgan fingerprint density at radius 3 is 2.50 bits per heavy atom. The molecule has 0 aromatic carbocycles. The summed E-state index contributed by atoms with van der Waals surface area (Å²) in [4.78, 5) is 2.39. The van der Waals surface area contributed by atoms with Crippen molar-refractivity contribution < 1.29 is 9.84 Å². The molecule has 0 aromatic rings. The van der Waals surface area contributed by atoms with Gasteiger partial charge in [-0.25, -0.2) is 0 Å². The molecule has 2 heterocycles. The van der Waals surface area contributed by atoms with Crippen LogP contribution in [0.5, 0.6) is 0 Å². The third-order valence-electron chi connectivity index (χ3n) is 3.92. The van der Waals surface area contributed by atoms with Gasteiger partial charge < -0.3 is 20.1 Å². The topological polar surface area (TPSA) is 44.7 Å². The van der Waals surface area contributed by atoms with Crippen LogP contribution >= 0.6 is 0 Å². The first-order chi connectivity index (χ1) is 7.72. The maximum Gasteiger partial charge on any atom is 0.0798 e. The van der Waals surface area contributed by atoms with Gasteiger partial charge in [0.25, 0.3) is 0 Å². The molecule has 2 saturated heterocycles. The lowest BCUT2D eigenvalue weighted by atomic mass is 9.91. The van der Waals surface area contributed by atoms with E-state index in [2.05, 4.69) is 10.2 Å². The molecule has 0 radical (unpaired) electrons. The number of β-amino-alcohol motifs (C(OH)–C–C–N with tert-alkyl or cyclic N) is 1.